The van der Waals surface area contributed by atoms with Crippen LogP contribution in [0.5, 0.6) is 5.88 Å². The number of aromatic nitrogens is 1. The first-order chi connectivity index (χ1) is 10.2. The number of nitrogens with one attached hydrogen (secondary N) is 1. The van der Waals surface area contributed by atoms with Gasteiger partial charge in [0.05, 0.1) is 6.61 Å². The molecule has 0 aliphatic heterocycles. The van der Waals surface area contributed by atoms with Crippen molar-refractivity contribution in [3.05, 3.63) is 35.5 Å². The fourth-order valence-electron chi connectivity index (χ4n) is 2.68. The zero-order valence-electron chi connectivity index (χ0n) is 13.6. The van der Waals surface area contributed by atoms with Gasteiger partial charge in [0.2, 0.25) is 5.88 Å². The molecule has 0 fully saturated rings. The Morgan fingerprint density at radius 2 is 2.05 bits per heavy atom. The SMILES string of the molecule is CCNCc1cc(CC)nc(OCC2CC=CCC2C)c1. The van der Waals surface area contributed by atoms with Gasteiger partial charge < -0.3 is 10.1 Å². The van der Waals surface area contributed by atoms with Crippen LogP contribution in [0.15, 0.2) is 24.3 Å². The summed E-state index contributed by atoms with van der Waals surface area (Å²) < 4.78 is 6.01. The van der Waals surface area contributed by atoms with E-state index in [9.17, 15) is 0 Å². The number of hydrogen-bond donors (Lipinski definition) is 1. The van der Waals surface area contributed by atoms with Gasteiger partial charge in [-0.1, -0.05) is 32.9 Å². The largest absolute Gasteiger partial charge is 0.477 e. The average molecular weight is 288 g/mol. The minimum atomic E-state index is 0.610. The molecular weight excluding hydrogens is 260 g/mol. The van der Waals surface area contributed by atoms with Crippen LogP contribution < -0.4 is 10.1 Å². The van der Waals surface area contributed by atoms with E-state index in [4.69, 9.17) is 4.74 Å². The maximum Gasteiger partial charge on any atom is 0.213 e. The molecule has 1 N–H and O–H groups in total. The molecule has 0 amide bonds. The highest BCUT2D eigenvalue weighted by molar-refractivity contribution is 5.25. The van der Waals surface area contributed by atoms with Gasteiger partial charge in [0.1, 0.15) is 0 Å². The molecule has 0 aromatic carbocycles. The molecular formula is C18H28N2O. The molecule has 0 spiro atoms. The van der Waals surface area contributed by atoms with E-state index in [0.717, 1.165) is 44.1 Å². The maximum absolute atomic E-state index is 6.01. The first-order valence-corrected chi connectivity index (χ1v) is 8.21. The Labute approximate surface area is 128 Å². The first-order valence-electron chi connectivity index (χ1n) is 8.21. The van der Waals surface area contributed by atoms with Gasteiger partial charge in [-0.3, -0.25) is 0 Å². The summed E-state index contributed by atoms with van der Waals surface area (Å²) in [6.45, 7) is 9.20. The third-order valence-corrected chi connectivity index (χ3v) is 4.22. The normalized spacial score (nSPS) is 21.5. The molecule has 0 saturated heterocycles. The van der Waals surface area contributed by atoms with Crippen molar-refractivity contribution in [2.75, 3.05) is 13.2 Å². The van der Waals surface area contributed by atoms with Gasteiger partial charge in [-0.15, -0.1) is 0 Å². The molecule has 1 aromatic heterocycles. The fourth-order valence-corrected chi connectivity index (χ4v) is 2.68. The van der Waals surface area contributed by atoms with Crippen molar-refractivity contribution in [3.8, 4) is 5.88 Å². The predicted octanol–water partition coefficient (Wildman–Crippen LogP) is 3.73. The van der Waals surface area contributed by atoms with Crippen LogP contribution in [0, 0.1) is 11.8 Å². The average Bonchev–Trinajstić information content (AvgIpc) is 2.52. The van der Waals surface area contributed by atoms with Crippen LogP contribution in [0.1, 0.15) is 44.9 Å². The number of pyridine rings is 1. The summed E-state index contributed by atoms with van der Waals surface area (Å²) in [5.74, 6) is 2.09. The summed E-state index contributed by atoms with van der Waals surface area (Å²) in [6.07, 6.45) is 7.80. The van der Waals surface area contributed by atoms with E-state index in [1.54, 1.807) is 0 Å². The minimum absolute atomic E-state index is 0.610. The second kappa shape index (κ2) is 8.18. The van der Waals surface area contributed by atoms with Crippen molar-refractivity contribution < 1.29 is 4.74 Å². The Hall–Kier alpha value is -1.35. The van der Waals surface area contributed by atoms with Gasteiger partial charge in [-0.2, -0.15) is 0 Å². The quantitative estimate of drug-likeness (QED) is 0.776. The highest BCUT2D eigenvalue weighted by atomic mass is 16.5. The van der Waals surface area contributed by atoms with Crippen LogP contribution in [0.25, 0.3) is 0 Å². The Morgan fingerprint density at radius 3 is 2.76 bits per heavy atom. The molecule has 1 aromatic rings. The molecule has 3 heteroatoms. The molecule has 116 valence electrons. The zero-order valence-corrected chi connectivity index (χ0v) is 13.6. The highest BCUT2D eigenvalue weighted by Crippen LogP contribution is 2.25. The standard InChI is InChI=1S/C18H28N2O/c1-4-17-10-15(12-19-5-2)11-18(20-17)21-13-16-9-7-6-8-14(16)3/h6-7,10-11,14,16,19H,4-5,8-9,12-13H2,1-3H3. The molecule has 2 atom stereocenters. The summed E-state index contributed by atoms with van der Waals surface area (Å²) in [7, 11) is 0. The van der Waals surface area contributed by atoms with E-state index in [1.165, 1.54) is 12.0 Å². The molecule has 2 rings (SSSR count). The molecule has 0 bridgehead atoms. The summed E-state index contributed by atoms with van der Waals surface area (Å²) in [6, 6.07) is 4.24. The molecule has 0 radical (unpaired) electrons. The monoisotopic (exact) mass is 288 g/mol. The maximum atomic E-state index is 6.01. The third kappa shape index (κ3) is 4.85. The summed E-state index contributed by atoms with van der Waals surface area (Å²) in [4.78, 5) is 4.60. The lowest BCUT2D eigenvalue weighted by Crippen LogP contribution is -2.21. The molecule has 3 nitrogen and oxygen atoms in total. The van der Waals surface area contributed by atoms with Crippen LogP contribution >= 0.6 is 0 Å². The number of rotatable bonds is 7. The topological polar surface area (TPSA) is 34.2 Å². The molecule has 2 unspecified atom stereocenters. The van der Waals surface area contributed by atoms with E-state index in [2.05, 4.69) is 55.4 Å². The fraction of sp³-hybridized carbons (Fsp3) is 0.611. The van der Waals surface area contributed by atoms with Crippen LogP contribution in [-0.2, 0) is 13.0 Å². The van der Waals surface area contributed by atoms with E-state index in [1.807, 2.05) is 0 Å². The van der Waals surface area contributed by atoms with Crippen molar-refractivity contribution in [2.24, 2.45) is 11.8 Å². The molecule has 21 heavy (non-hydrogen) atoms. The van der Waals surface area contributed by atoms with Crippen molar-refractivity contribution in [1.29, 1.82) is 0 Å². The van der Waals surface area contributed by atoms with Crippen molar-refractivity contribution in [2.45, 2.75) is 46.6 Å². The molecule has 1 aliphatic carbocycles. The Morgan fingerprint density at radius 1 is 1.24 bits per heavy atom. The predicted molar refractivity (Wildman–Crippen MR) is 87.5 cm³/mol. The summed E-state index contributed by atoms with van der Waals surface area (Å²) >= 11 is 0. The lowest BCUT2D eigenvalue weighted by atomic mass is 9.85. The molecule has 0 saturated carbocycles. The van der Waals surface area contributed by atoms with Gasteiger partial charge in [0, 0.05) is 18.3 Å². The number of aryl methyl sites for hydroxylation is 1. The molecule has 1 aliphatic rings. The van der Waals surface area contributed by atoms with E-state index < -0.39 is 0 Å². The number of nitrogens with zero attached hydrogens (tertiary/aromatic N) is 1. The zero-order chi connectivity index (χ0) is 15.1. The van der Waals surface area contributed by atoms with Crippen LogP contribution in [0.3, 0.4) is 0 Å². The lowest BCUT2D eigenvalue weighted by molar-refractivity contribution is 0.192. The van der Waals surface area contributed by atoms with Gasteiger partial charge in [0.15, 0.2) is 0 Å². The third-order valence-electron chi connectivity index (χ3n) is 4.22. The summed E-state index contributed by atoms with van der Waals surface area (Å²) in [5.41, 5.74) is 2.37. The Bertz CT molecular complexity index is 470. The number of allylic oxidation sites excluding steroid dienone is 2. The minimum Gasteiger partial charge on any atom is -0.477 e. The number of ether oxygens (including phenoxy) is 1. The first kappa shape index (κ1) is 16.0. The van der Waals surface area contributed by atoms with Crippen LogP contribution in [0.2, 0.25) is 0 Å². The van der Waals surface area contributed by atoms with E-state index >= 15 is 0 Å². The van der Waals surface area contributed by atoms with Gasteiger partial charge in [-0.05, 0) is 49.3 Å². The Kier molecular flexibility index (Phi) is 6.24. The van der Waals surface area contributed by atoms with Gasteiger partial charge in [-0.25, -0.2) is 4.98 Å². The number of hydrogen-bond acceptors (Lipinski definition) is 3. The highest BCUT2D eigenvalue weighted by Gasteiger charge is 2.19. The van der Waals surface area contributed by atoms with Crippen LogP contribution in [0.4, 0.5) is 0 Å². The summed E-state index contributed by atoms with van der Waals surface area (Å²) in [5, 5.41) is 3.36. The van der Waals surface area contributed by atoms with E-state index in [-0.39, 0.29) is 0 Å². The Balaban J connectivity index is 1.99. The van der Waals surface area contributed by atoms with Gasteiger partial charge >= 0.3 is 0 Å². The van der Waals surface area contributed by atoms with Crippen molar-refractivity contribution in [1.82, 2.24) is 10.3 Å². The second-order valence-corrected chi connectivity index (χ2v) is 5.93. The molecule has 1 heterocycles. The smallest absolute Gasteiger partial charge is 0.213 e. The van der Waals surface area contributed by atoms with Crippen molar-refractivity contribution >= 4 is 0 Å². The van der Waals surface area contributed by atoms with Crippen LogP contribution in [-0.4, -0.2) is 18.1 Å². The lowest BCUT2D eigenvalue weighted by Gasteiger charge is -2.25. The van der Waals surface area contributed by atoms with Crippen molar-refractivity contribution in [3.63, 3.8) is 0 Å². The second-order valence-electron chi connectivity index (χ2n) is 5.93. The van der Waals surface area contributed by atoms with E-state index in [0.29, 0.717) is 11.8 Å². The van der Waals surface area contributed by atoms with Gasteiger partial charge in [0.25, 0.3) is 0 Å².